The normalized spacial score (nSPS) is 15.9. The van der Waals surface area contributed by atoms with Crippen molar-refractivity contribution in [1.82, 2.24) is 15.3 Å². The highest BCUT2D eigenvalue weighted by Gasteiger charge is 2.26. The molecular weight excluding hydrogens is 459 g/mol. The molecule has 3 heterocycles. The van der Waals surface area contributed by atoms with E-state index in [1.165, 1.54) is 5.69 Å². The molecule has 2 aliphatic heterocycles. The summed E-state index contributed by atoms with van der Waals surface area (Å²) in [5, 5.41) is 6.18. The smallest absolute Gasteiger partial charge is 0.166 e. The molecule has 0 radical (unpaired) electrons. The van der Waals surface area contributed by atoms with Crippen molar-refractivity contribution in [1.29, 1.82) is 0 Å². The molecule has 2 aromatic carbocycles. The van der Waals surface area contributed by atoms with Gasteiger partial charge in [0.05, 0.1) is 19.2 Å². The number of aromatic nitrogens is 2. The summed E-state index contributed by atoms with van der Waals surface area (Å²) in [5.41, 5.74) is 10.8. The first kappa shape index (κ1) is 22.0. The van der Waals surface area contributed by atoms with Crippen LogP contribution in [0.2, 0.25) is 10.0 Å². The molecule has 1 aromatic heterocycles. The van der Waals surface area contributed by atoms with E-state index in [-0.39, 0.29) is 0 Å². The van der Waals surface area contributed by atoms with E-state index in [4.69, 9.17) is 38.8 Å². The number of nitrogen functional groups attached to an aromatic ring is 1. The molecule has 9 heteroatoms. The van der Waals surface area contributed by atoms with Crippen molar-refractivity contribution in [3.05, 3.63) is 63.6 Å². The van der Waals surface area contributed by atoms with E-state index >= 15 is 0 Å². The number of anilines is 3. The number of nitrogens with zero attached hydrogens (tertiary/aromatic N) is 4. The quantitative estimate of drug-likeness (QED) is 0.571. The topological polar surface area (TPSA) is 79.5 Å². The molecule has 5 rings (SSSR count). The monoisotopic (exact) mass is 482 g/mol. The first-order valence-electron chi connectivity index (χ1n) is 10.8. The van der Waals surface area contributed by atoms with E-state index in [0.717, 1.165) is 42.9 Å². The standard InChI is InChI=1S/C24H24Cl2N6O/c1-33-32-14-16(21-19(25)3-2-4-20(21)26)13-18-22(27)29-23(30-24(18)32)15-5-7-17(8-6-15)31-11-9-28-10-12-31/h2-8,13,28H,9-12,14H2,1H3,(H2,27,29,30). The molecule has 170 valence electrons. The van der Waals surface area contributed by atoms with Gasteiger partial charge in [0.2, 0.25) is 0 Å². The number of fused-ring (bicyclic) bond motifs is 1. The van der Waals surface area contributed by atoms with Crippen LogP contribution in [0.25, 0.3) is 23.0 Å². The second-order valence-corrected chi connectivity index (χ2v) is 8.75. The lowest BCUT2D eigenvalue weighted by Crippen LogP contribution is -2.43. The molecule has 3 N–H and O–H groups in total. The van der Waals surface area contributed by atoms with Crippen LogP contribution in [0.5, 0.6) is 0 Å². The lowest BCUT2D eigenvalue weighted by molar-refractivity contribution is 0.173. The Labute approximate surface area is 202 Å². The number of piperazine rings is 1. The Morgan fingerprint density at radius 2 is 1.70 bits per heavy atom. The minimum absolute atomic E-state index is 0.364. The Bertz CT molecular complexity index is 1190. The largest absolute Gasteiger partial charge is 0.383 e. The summed E-state index contributed by atoms with van der Waals surface area (Å²) < 4.78 is 0. The molecule has 0 unspecified atom stereocenters. The second-order valence-electron chi connectivity index (χ2n) is 7.94. The molecule has 2 aliphatic rings. The van der Waals surface area contributed by atoms with Gasteiger partial charge in [-0.3, -0.25) is 4.84 Å². The number of hydrogen-bond acceptors (Lipinski definition) is 7. The Kier molecular flexibility index (Phi) is 6.12. The van der Waals surface area contributed by atoms with Gasteiger partial charge in [-0.15, -0.1) is 0 Å². The van der Waals surface area contributed by atoms with Gasteiger partial charge in [0, 0.05) is 53.0 Å². The van der Waals surface area contributed by atoms with Crippen molar-refractivity contribution in [2.24, 2.45) is 0 Å². The highest BCUT2D eigenvalue weighted by Crippen LogP contribution is 2.39. The first-order chi connectivity index (χ1) is 16.0. The minimum atomic E-state index is 0.364. The third-order valence-electron chi connectivity index (χ3n) is 5.94. The van der Waals surface area contributed by atoms with Crippen molar-refractivity contribution in [3.63, 3.8) is 0 Å². The molecular formula is C24H24Cl2N6O. The molecule has 1 fully saturated rings. The molecule has 0 aliphatic carbocycles. The zero-order valence-corrected chi connectivity index (χ0v) is 19.7. The van der Waals surface area contributed by atoms with Crippen LogP contribution >= 0.6 is 23.2 Å². The van der Waals surface area contributed by atoms with Crippen LogP contribution in [0.4, 0.5) is 17.3 Å². The fourth-order valence-electron chi connectivity index (χ4n) is 4.23. The van der Waals surface area contributed by atoms with Gasteiger partial charge in [0.1, 0.15) is 5.82 Å². The summed E-state index contributed by atoms with van der Waals surface area (Å²) in [7, 11) is 1.60. The molecule has 0 spiro atoms. The van der Waals surface area contributed by atoms with Crippen LogP contribution in [0.1, 0.15) is 11.1 Å². The Morgan fingerprint density at radius 1 is 1.00 bits per heavy atom. The van der Waals surface area contributed by atoms with E-state index in [2.05, 4.69) is 27.3 Å². The fourth-order valence-corrected chi connectivity index (χ4v) is 4.87. The maximum absolute atomic E-state index is 6.44. The average molecular weight is 483 g/mol. The van der Waals surface area contributed by atoms with E-state index in [1.807, 2.05) is 36.4 Å². The van der Waals surface area contributed by atoms with Gasteiger partial charge in [-0.25, -0.2) is 15.0 Å². The molecule has 0 bridgehead atoms. The van der Waals surface area contributed by atoms with Crippen LogP contribution in [0.3, 0.4) is 0 Å². The van der Waals surface area contributed by atoms with Gasteiger partial charge >= 0.3 is 0 Å². The number of nitrogens with two attached hydrogens (primary N) is 1. The summed E-state index contributed by atoms with van der Waals surface area (Å²) in [5.74, 6) is 1.52. The molecule has 1 saturated heterocycles. The summed E-state index contributed by atoms with van der Waals surface area (Å²) >= 11 is 12.9. The van der Waals surface area contributed by atoms with Crippen LogP contribution < -0.4 is 21.0 Å². The Morgan fingerprint density at radius 3 is 2.36 bits per heavy atom. The predicted molar refractivity (Wildman–Crippen MR) is 136 cm³/mol. The zero-order chi connectivity index (χ0) is 22.9. The summed E-state index contributed by atoms with van der Waals surface area (Å²) in [4.78, 5) is 17.4. The minimum Gasteiger partial charge on any atom is -0.383 e. The molecule has 0 atom stereocenters. The van der Waals surface area contributed by atoms with Gasteiger partial charge in [-0.05, 0) is 48.0 Å². The number of rotatable bonds is 4. The predicted octanol–water partition coefficient (Wildman–Crippen LogP) is 4.36. The number of halogens is 2. The van der Waals surface area contributed by atoms with Gasteiger partial charge in [-0.2, -0.15) is 0 Å². The lowest BCUT2D eigenvalue weighted by Gasteiger charge is -2.30. The molecule has 33 heavy (non-hydrogen) atoms. The first-order valence-corrected chi connectivity index (χ1v) is 11.5. The number of nitrogens with one attached hydrogen (secondary N) is 1. The van der Waals surface area contributed by atoms with E-state index in [9.17, 15) is 0 Å². The maximum Gasteiger partial charge on any atom is 0.166 e. The average Bonchev–Trinajstić information content (AvgIpc) is 2.84. The van der Waals surface area contributed by atoms with Gasteiger partial charge in [-0.1, -0.05) is 29.3 Å². The highest BCUT2D eigenvalue weighted by atomic mass is 35.5. The molecule has 3 aromatic rings. The lowest BCUT2D eigenvalue weighted by atomic mass is 9.99. The van der Waals surface area contributed by atoms with Crippen LogP contribution in [0, 0.1) is 0 Å². The molecule has 0 amide bonds. The number of hydroxylamine groups is 1. The summed E-state index contributed by atoms with van der Waals surface area (Å²) in [6, 6.07) is 13.7. The van der Waals surface area contributed by atoms with Gasteiger partial charge < -0.3 is 16.0 Å². The van der Waals surface area contributed by atoms with Crippen molar-refractivity contribution in [3.8, 4) is 11.4 Å². The van der Waals surface area contributed by atoms with Gasteiger partial charge in [0.25, 0.3) is 0 Å². The fraction of sp³-hybridized carbons (Fsp3) is 0.250. The summed E-state index contributed by atoms with van der Waals surface area (Å²) in [6.45, 7) is 4.40. The number of hydrogen-bond donors (Lipinski definition) is 2. The zero-order valence-electron chi connectivity index (χ0n) is 18.2. The molecule has 7 nitrogen and oxygen atoms in total. The Hall–Kier alpha value is -2.84. The van der Waals surface area contributed by atoms with Crippen molar-refractivity contribution < 1.29 is 4.84 Å². The number of benzene rings is 2. The third-order valence-corrected chi connectivity index (χ3v) is 6.57. The van der Waals surface area contributed by atoms with Gasteiger partial charge in [0.15, 0.2) is 11.6 Å². The third kappa shape index (κ3) is 4.25. The Balaban J connectivity index is 1.52. The van der Waals surface area contributed by atoms with Crippen molar-refractivity contribution in [2.75, 3.05) is 55.5 Å². The van der Waals surface area contributed by atoms with Crippen LogP contribution in [-0.4, -0.2) is 49.8 Å². The van der Waals surface area contributed by atoms with Crippen molar-refractivity contribution >= 4 is 52.2 Å². The van der Waals surface area contributed by atoms with E-state index in [1.54, 1.807) is 12.2 Å². The molecule has 0 saturated carbocycles. The van der Waals surface area contributed by atoms with Crippen LogP contribution in [-0.2, 0) is 4.84 Å². The van der Waals surface area contributed by atoms with Crippen LogP contribution in [0.15, 0.2) is 42.5 Å². The van der Waals surface area contributed by atoms with E-state index < -0.39 is 0 Å². The summed E-state index contributed by atoms with van der Waals surface area (Å²) in [6.07, 6.45) is 1.94. The van der Waals surface area contributed by atoms with E-state index in [0.29, 0.717) is 39.6 Å². The highest BCUT2D eigenvalue weighted by molar-refractivity contribution is 6.38. The maximum atomic E-state index is 6.44. The second kappa shape index (κ2) is 9.19. The SMILES string of the molecule is CON1CC(c2c(Cl)cccc2Cl)=Cc2c(N)nc(-c3ccc(N4CCNCC4)cc3)nc21. The van der Waals surface area contributed by atoms with Crippen molar-refractivity contribution in [2.45, 2.75) is 0 Å².